The smallest absolute Gasteiger partial charge is 0.0214 e. The van der Waals surface area contributed by atoms with Crippen molar-refractivity contribution in [2.24, 2.45) is 0 Å². The van der Waals surface area contributed by atoms with Crippen LogP contribution in [0.25, 0.3) is 0 Å². The van der Waals surface area contributed by atoms with Crippen molar-refractivity contribution < 1.29 is 0 Å². The summed E-state index contributed by atoms with van der Waals surface area (Å²) in [7, 11) is 0. The summed E-state index contributed by atoms with van der Waals surface area (Å²) in [6.45, 7) is 7.96. The lowest BCUT2D eigenvalue weighted by molar-refractivity contribution is 0.139. The van der Waals surface area contributed by atoms with E-state index in [0.29, 0.717) is 6.04 Å². The summed E-state index contributed by atoms with van der Waals surface area (Å²) < 4.78 is 0. The van der Waals surface area contributed by atoms with Gasteiger partial charge in [0.1, 0.15) is 0 Å². The molecule has 1 N–H and O–H groups in total. The third-order valence-electron chi connectivity index (χ3n) is 3.24. The van der Waals surface area contributed by atoms with Crippen molar-refractivity contribution in [1.82, 2.24) is 10.2 Å². The topological polar surface area (TPSA) is 15.3 Å². The number of hydrogen-bond donors (Lipinski definition) is 1. The minimum absolute atomic E-state index is 0.682. The van der Waals surface area contributed by atoms with Crippen LogP contribution < -0.4 is 5.32 Å². The summed E-state index contributed by atoms with van der Waals surface area (Å²) in [5.41, 5.74) is 0. The van der Waals surface area contributed by atoms with E-state index in [9.17, 15) is 0 Å². The average Bonchev–Trinajstić information content (AvgIpc) is 2.25. The summed E-state index contributed by atoms with van der Waals surface area (Å²) in [5.74, 6) is 2.72. The maximum absolute atomic E-state index is 5.30. The largest absolute Gasteiger partial charge is 0.314 e. The first-order valence-corrected chi connectivity index (χ1v) is 6.18. The second-order valence-electron chi connectivity index (χ2n) is 4.51. The first kappa shape index (κ1) is 12.5. The van der Waals surface area contributed by atoms with Crippen LogP contribution >= 0.6 is 0 Å². The van der Waals surface area contributed by atoms with Gasteiger partial charge in [-0.3, -0.25) is 4.90 Å². The molecule has 2 unspecified atom stereocenters. The van der Waals surface area contributed by atoms with Crippen molar-refractivity contribution in [2.45, 2.75) is 51.6 Å². The fourth-order valence-electron chi connectivity index (χ4n) is 2.29. The van der Waals surface area contributed by atoms with Crippen LogP contribution in [0.2, 0.25) is 0 Å². The van der Waals surface area contributed by atoms with Gasteiger partial charge in [0.2, 0.25) is 0 Å². The molecule has 1 fully saturated rings. The van der Waals surface area contributed by atoms with Gasteiger partial charge in [0, 0.05) is 25.0 Å². The molecule has 0 radical (unpaired) electrons. The normalized spacial score (nSPS) is 27.5. The van der Waals surface area contributed by atoms with Crippen LogP contribution in [0.3, 0.4) is 0 Å². The third kappa shape index (κ3) is 4.24. The molecule has 2 heteroatoms. The Labute approximate surface area is 94.4 Å². The fraction of sp³-hybridized carbons (Fsp3) is 0.846. The molecule has 0 saturated carbocycles. The molecule has 1 aliphatic rings. The molecule has 2 atom stereocenters. The van der Waals surface area contributed by atoms with Crippen LogP contribution in [0.1, 0.15) is 39.5 Å². The molecular weight excluding hydrogens is 184 g/mol. The van der Waals surface area contributed by atoms with Gasteiger partial charge in [-0.15, -0.1) is 12.3 Å². The molecule has 1 rings (SSSR count). The van der Waals surface area contributed by atoms with Crippen molar-refractivity contribution in [3.63, 3.8) is 0 Å². The maximum Gasteiger partial charge on any atom is 0.0214 e. The number of likely N-dealkylation sites (tertiary alicyclic amines) is 1. The number of hydrogen-bond acceptors (Lipinski definition) is 2. The van der Waals surface area contributed by atoms with Crippen LogP contribution in [-0.4, -0.2) is 36.6 Å². The molecule has 0 spiro atoms. The molecule has 2 nitrogen and oxygen atoms in total. The Bertz CT molecular complexity index is 207. The van der Waals surface area contributed by atoms with Gasteiger partial charge >= 0.3 is 0 Å². The summed E-state index contributed by atoms with van der Waals surface area (Å²) >= 11 is 0. The van der Waals surface area contributed by atoms with E-state index in [0.717, 1.165) is 25.6 Å². The van der Waals surface area contributed by atoms with E-state index in [1.54, 1.807) is 0 Å². The highest BCUT2D eigenvalue weighted by atomic mass is 15.2. The SMILES string of the molecule is C#CCCN1CCC(NCCC)CC1C. The molecule has 0 amide bonds. The van der Waals surface area contributed by atoms with Gasteiger partial charge in [-0.2, -0.15) is 0 Å². The molecular formula is C13H24N2. The minimum atomic E-state index is 0.682. The number of nitrogens with one attached hydrogen (secondary N) is 1. The predicted octanol–water partition coefficient (Wildman–Crippen LogP) is 1.86. The van der Waals surface area contributed by atoms with E-state index in [1.165, 1.54) is 25.8 Å². The Morgan fingerprint density at radius 3 is 2.93 bits per heavy atom. The lowest BCUT2D eigenvalue weighted by Crippen LogP contribution is -2.47. The van der Waals surface area contributed by atoms with Gasteiger partial charge in [0.05, 0.1) is 0 Å². The molecule has 0 aromatic carbocycles. The molecule has 1 saturated heterocycles. The fourth-order valence-corrected chi connectivity index (χ4v) is 2.29. The number of nitrogens with zero attached hydrogens (tertiary/aromatic N) is 1. The van der Waals surface area contributed by atoms with Crippen molar-refractivity contribution >= 4 is 0 Å². The number of rotatable bonds is 5. The lowest BCUT2D eigenvalue weighted by atomic mass is 9.98. The summed E-state index contributed by atoms with van der Waals surface area (Å²) in [4.78, 5) is 2.52. The molecule has 1 heterocycles. The summed E-state index contributed by atoms with van der Waals surface area (Å²) in [6, 6.07) is 1.41. The highest BCUT2D eigenvalue weighted by Crippen LogP contribution is 2.17. The Hall–Kier alpha value is -0.520. The molecule has 0 aliphatic carbocycles. The van der Waals surface area contributed by atoms with Gasteiger partial charge in [-0.1, -0.05) is 6.92 Å². The van der Waals surface area contributed by atoms with Crippen LogP contribution in [0.5, 0.6) is 0 Å². The molecule has 0 aromatic heterocycles. The molecule has 0 bridgehead atoms. The Morgan fingerprint density at radius 2 is 2.33 bits per heavy atom. The van der Waals surface area contributed by atoms with Crippen molar-refractivity contribution in [3.8, 4) is 12.3 Å². The first-order valence-electron chi connectivity index (χ1n) is 6.18. The van der Waals surface area contributed by atoms with Crippen LogP contribution in [-0.2, 0) is 0 Å². The third-order valence-corrected chi connectivity index (χ3v) is 3.24. The van der Waals surface area contributed by atoms with Crippen molar-refractivity contribution in [3.05, 3.63) is 0 Å². The van der Waals surface area contributed by atoms with E-state index in [-0.39, 0.29) is 0 Å². The highest BCUT2D eigenvalue weighted by molar-refractivity contribution is 4.88. The van der Waals surface area contributed by atoms with Crippen molar-refractivity contribution in [1.29, 1.82) is 0 Å². The lowest BCUT2D eigenvalue weighted by Gasteiger charge is -2.37. The second-order valence-corrected chi connectivity index (χ2v) is 4.51. The van der Waals surface area contributed by atoms with Gasteiger partial charge in [-0.05, 0) is 39.3 Å². The van der Waals surface area contributed by atoms with Crippen LogP contribution in [0.15, 0.2) is 0 Å². The quantitative estimate of drug-likeness (QED) is 0.694. The van der Waals surface area contributed by atoms with Crippen LogP contribution in [0, 0.1) is 12.3 Å². The molecule has 86 valence electrons. The Balaban J connectivity index is 2.25. The summed E-state index contributed by atoms with van der Waals surface area (Å²) in [6.07, 6.45) is 9.95. The standard InChI is InChI=1S/C13H24N2/c1-4-6-9-15-10-7-13(11-12(15)3)14-8-5-2/h1,12-14H,5-11H2,2-3H3. The molecule has 15 heavy (non-hydrogen) atoms. The zero-order valence-corrected chi connectivity index (χ0v) is 10.1. The van der Waals surface area contributed by atoms with Gasteiger partial charge < -0.3 is 5.32 Å². The average molecular weight is 208 g/mol. The zero-order valence-electron chi connectivity index (χ0n) is 10.1. The molecule has 0 aromatic rings. The first-order chi connectivity index (χ1) is 7.27. The van der Waals surface area contributed by atoms with Gasteiger partial charge in [0.15, 0.2) is 0 Å². The number of piperidine rings is 1. The van der Waals surface area contributed by atoms with E-state index < -0.39 is 0 Å². The van der Waals surface area contributed by atoms with E-state index in [4.69, 9.17) is 6.42 Å². The summed E-state index contributed by atoms with van der Waals surface area (Å²) in [5, 5.41) is 3.61. The van der Waals surface area contributed by atoms with Gasteiger partial charge in [0.25, 0.3) is 0 Å². The zero-order chi connectivity index (χ0) is 11.1. The highest BCUT2D eigenvalue weighted by Gasteiger charge is 2.23. The predicted molar refractivity (Wildman–Crippen MR) is 65.8 cm³/mol. The minimum Gasteiger partial charge on any atom is -0.314 e. The monoisotopic (exact) mass is 208 g/mol. The van der Waals surface area contributed by atoms with Crippen LogP contribution in [0.4, 0.5) is 0 Å². The molecule has 1 aliphatic heterocycles. The second kappa shape index (κ2) is 6.87. The van der Waals surface area contributed by atoms with E-state index in [1.807, 2.05) is 0 Å². The van der Waals surface area contributed by atoms with Gasteiger partial charge in [-0.25, -0.2) is 0 Å². The Kier molecular flexibility index (Phi) is 5.75. The van der Waals surface area contributed by atoms with E-state index >= 15 is 0 Å². The van der Waals surface area contributed by atoms with E-state index in [2.05, 4.69) is 30.0 Å². The maximum atomic E-state index is 5.30. The Morgan fingerprint density at radius 1 is 1.53 bits per heavy atom. The number of terminal acetylenes is 1. The van der Waals surface area contributed by atoms with Crippen molar-refractivity contribution in [2.75, 3.05) is 19.6 Å².